The zero-order valence-corrected chi connectivity index (χ0v) is 19.7. The number of carbonyl (C=O) groups is 1. The van der Waals surface area contributed by atoms with Crippen LogP contribution in [0.5, 0.6) is 0 Å². The zero-order valence-electron chi connectivity index (χ0n) is 18.9. The fourth-order valence-electron chi connectivity index (χ4n) is 5.49. The molecule has 8 heteroatoms. The first-order valence-electron chi connectivity index (χ1n) is 11.8. The second-order valence-electron chi connectivity index (χ2n) is 9.36. The first-order valence-corrected chi connectivity index (χ1v) is 12.8. The minimum atomic E-state index is 0.204. The fourth-order valence-corrected chi connectivity index (χ4v) is 6.41. The van der Waals surface area contributed by atoms with Gasteiger partial charge in [-0.2, -0.15) is 0 Å². The third-order valence-corrected chi connectivity index (χ3v) is 8.19. The van der Waals surface area contributed by atoms with Crippen molar-refractivity contribution in [3.63, 3.8) is 0 Å². The van der Waals surface area contributed by atoms with Crippen molar-refractivity contribution in [2.75, 3.05) is 38.5 Å². The Labute approximate surface area is 185 Å². The van der Waals surface area contributed by atoms with Gasteiger partial charge in [-0.25, -0.2) is 0 Å². The minimum Gasteiger partial charge on any atom is -0.336 e. The van der Waals surface area contributed by atoms with Crippen molar-refractivity contribution in [3.05, 3.63) is 5.82 Å². The van der Waals surface area contributed by atoms with Gasteiger partial charge in [0.25, 0.3) is 0 Å². The Hall–Kier alpha value is -1.12. The van der Waals surface area contributed by atoms with Gasteiger partial charge in [0.1, 0.15) is 0 Å². The van der Waals surface area contributed by atoms with Gasteiger partial charge in [0.2, 0.25) is 5.91 Å². The lowest BCUT2D eigenvalue weighted by molar-refractivity contribution is -0.138. The van der Waals surface area contributed by atoms with E-state index in [9.17, 15) is 4.79 Å². The topological polar surface area (TPSA) is 57.5 Å². The van der Waals surface area contributed by atoms with Crippen molar-refractivity contribution in [3.8, 4) is 0 Å². The molecule has 0 N–H and O–H groups in total. The molecular formula is C22H38N6OS. The van der Waals surface area contributed by atoms with Gasteiger partial charge in [-0.15, -0.1) is 10.2 Å². The quantitative estimate of drug-likeness (QED) is 0.615. The predicted octanol–water partition coefficient (Wildman–Crippen LogP) is 2.93. The maximum absolute atomic E-state index is 13.1. The van der Waals surface area contributed by atoms with Gasteiger partial charge in [0.15, 0.2) is 11.0 Å². The number of likely N-dealkylation sites (tertiary alicyclic amines) is 3. The molecule has 30 heavy (non-hydrogen) atoms. The summed E-state index contributed by atoms with van der Waals surface area (Å²) in [6.45, 7) is 9.48. The monoisotopic (exact) mass is 434 g/mol. The van der Waals surface area contributed by atoms with Crippen LogP contribution in [0.15, 0.2) is 5.16 Å². The average molecular weight is 435 g/mol. The maximum atomic E-state index is 13.1. The van der Waals surface area contributed by atoms with Crippen molar-refractivity contribution in [2.45, 2.75) is 82.1 Å². The van der Waals surface area contributed by atoms with Crippen LogP contribution in [0.25, 0.3) is 0 Å². The lowest BCUT2D eigenvalue weighted by Gasteiger charge is -2.40. The van der Waals surface area contributed by atoms with E-state index in [1.165, 1.54) is 32.4 Å². The predicted molar refractivity (Wildman–Crippen MR) is 121 cm³/mol. The van der Waals surface area contributed by atoms with Crippen molar-refractivity contribution < 1.29 is 4.79 Å². The fraction of sp³-hybridized carbons (Fsp3) is 0.864. The molecule has 0 bridgehead atoms. The van der Waals surface area contributed by atoms with E-state index < -0.39 is 0 Å². The van der Waals surface area contributed by atoms with Crippen LogP contribution in [0.1, 0.15) is 70.7 Å². The number of thioether (sulfide) groups is 1. The van der Waals surface area contributed by atoms with Crippen LogP contribution in [0.2, 0.25) is 0 Å². The van der Waals surface area contributed by atoms with Gasteiger partial charge in [0, 0.05) is 31.4 Å². The summed E-state index contributed by atoms with van der Waals surface area (Å²) in [5.41, 5.74) is 0. The van der Waals surface area contributed by atoms with Crippen LogP contribution in [-0.4, -0.2) is 85.9 Å². The Kier molecular flexibility index (Phi) is 7.36. The Morgan fingerprint density at radius 2 is 1.73 bits per heavy atom. The highest BCUT2D eigenvalue weighted by Crippen LogP contribution is 2.33. The second-order valence-corrected chi connectivity index (χ2v) is 10.4. The zero-order chi connectivity index (χ0) is 21.1. The van der Waals surface area contributed by atoms with E-state index in [0.717, 1.165) is 55.5 Å². The summed E-state index contributed by atoms with van der Waals surface area (Å²) in [7, 11) is 2.08. The molecule has 0 radical (unpaired) electrons. The van der Waals surface area contributed by atoms with Crippen molar-refractivity contribution in [1.82, 2.24) is 29.5 Å². The summed E-state index contributed by atoms with van der Waals surface area (Å²) >= 11 is 1.81. The van der Waals surface area contributed by atoms with Crippen LogP contribution >= 0.6 is 11.8 Å². The van der Waals surface area contributed by atoms with Crippen LogP contribution in [0.4, 0.5) is 0 Å². The Balaban J connectivity index is 1.36. The highest BCUT2D eigenvalue weighted by atomic mass is 32.2. The average Bonchev–Trinajstić information content (AvgIpc) is 3.45. The van der Waals surface area contributed by atoms with Crippen molar-refractivity contribution in [2.24, 2.45) is 7.05 Å². The van der Waals surface area contributed by atoms with Crippen LogP contribution < -0.4 is 0 Å². The molecule has 3 fully saturated rings. The molecule has 0 aromatic carbocycles. The van der Waals surface area contributed by atoms with E-state index in [1.54, 1.807) is 11.8 Å². The highest BCUT2D eigenvalue weighted by Gasteiger charge is 2.35. The van der Waals surface area contributed by atoms with E-state index in [0.29, 0.717) is 18.6 Å². The Morgan fingerprint density at radius 3 is 2.47 bits per heavy atom. The molecule has 1 aromatic heterocycles. The van der Waals surface area contributed by atoms with E-state index in [4.69, 9.17) is 0 Å². The molecule has 3 saturated heterocycles. The highest BCUT2D eigenvalue weighted by molar-refractivity contribution is 7.99. The van der Waals surface area contributed by atoms with E-state index >= 15 is 0 Å². The normalized spacial score (nSPS) is 28.5. The number of aromatic nitrogens is 3. The number of hydrogen-bond donors (Lipinski definition) is 0. The van der Waals surface area contributed by atoms with Crippen LogP contribution in [0, 0.1) is 0 Å². The number of piperidine rings is 1. The first-order chi connectivity index (χ1) is 14.5. The summed E-state index contributed by atoms with van der Waals surface area (Å²) in [5, 5.41) is 10.0. The SMILES string of the molecule is CC1CCCC(C)N1C(=O)CN1CCCC1c1nnc(SCCN2CCCC2)n1C. The summed E-state index contributed by atoms with van der Waals surface area (Å²) in [4.78, 5) is 20.1. The molecule has 7 nitrogen and oxygen atoms in total. The molecule has 1 amide bonds. The molecular weight excluding hydrogens is 396 g/mol. The summed E-state index contributed by atoms with van der Waals surface area (Å²) in [6.07, 6.45) is 8.33. The van der Waals surface area contributed by atoms with Gasteiger partial charge in [0.05, 0.1) is 12.6 Å². The molecule has 4 rings (SSSR count). The standard InChI is InChI=1S/C22H38N6OS/c1-17-8-6-9-18(2)28(17)20(29)16-27-13-7-10-19(27)21-23-24-22(25(21)3)30-15-14-26-11-4-5-12-26/h17-19H,4-16H2,1-3H3. The van der Waals surface area contributed by atoms with E-state index in [2.05, 4.69) is 50.4 Å². The van der Waals surface area contributed by atoms with Gasteiger partial charge >= 0.3 is 0 Å². The van der Waals surface area contributed by atoms with E-state index in [1.807, 2.05) is 0 Å². The van der Waals surface area contributed by atoms with Gasteiger partial charge < -0.3 is 14.4 Å². The van der Waals surface area contributed by atoms with Crippen LogP contribution in [-0.2, 0) is 11.8 Å². The molecule has 3 aliphatic rings. The minimum absolute atomic E-state index is 0.204. The summed E-state index contributed by atoms with van der Waals surface area (Å²) in [5.74, 6) is 2.36. The molecule has 3 atom stereocenters. The molecule has 0 aliphatic carbocycles. The lowest BCUT2D eigenvalue weighted by atomic mass is 9.97. The first kappa shape index (κ1) is 22.1. The largest absolute Gasteiger partial charge is 0.336 e. The molecule has 168 valence electrons. The van der Waals surface area contributed by atoms with Gasteiger partial charge in [-0.3, -0.25) is 9.69 Å². The van der Waals surface area contributed by atoms with E-state index in [-0.39, 0.29) is 11.9 Å². The molecule has 0 spiro atoms. The number of rotatable bonds is 7. The summed E-state index contributed by atoms with van der Waals surface area (Å²) in [6, 6.07) is 0.918. The summed E-state index contributed by atoms with van der Waals surface area (Å²) < 4.78 is 2.16. The van der Waals surface area contributed by atoms with Gasteiger partial charge in [-0.1, -0.05) is 11.8 Å². The van der Waals surface area contributed by atoms with Gasteiger partial charge in [-0.05, 0) is 78.4 Å². The Bertz CT molecular complexity index is 708. The molecule has 3 aliphatic heterocycles. The smallest absolute Gasteiger partial charge is 0.237 e. The van der Waals surface area contributed by atoms with Crippen molar-refractivity contribution in [1.29, 1.82) is 0 Å². The molecule has 4 heterocycles. The number of hydrogen-bond acceptors (Lipinski definition) is 6. The lowest BCUT2D eigenvalue weighted by Crippen LogP contribution is -2.51. The number of carbonyl (C=O) groups excluding carboxylic acids is 1. The third kappa shape index (κ3) is 4.86. The maximum Gasteiger partial charge on any atom is 0.237 e. The molecule has 3 unspecified atom stereocenters. The number of nitrogens with zero attached hydrogens (tertiary/aromatic N) is 6. The third-order valence-electron chi connectivity index (χ3n) is 7.19. The molecule has 0 saturated carbocycles. The van der Waals surface area contributed by atoms with Crippen molar-refractivity contribution >= 4 is 17.7 Å². The Morgan fingerprint density at radius 1 is 1.00 bits per heavy atom. The number of amides is 1. The second kappa shape index (κ2) is 10.0. The molecule has 1 aromatic rings. The van der Waals surface area contributed by atoms with Crippen LogP contribution in [0.3, 0.4) is 0 Å².